The van der Waals surface area contributed by atoms with Crippen LogP contribution in [0.2, 0.25) is 0 Å². The average molecular weight is 316 g/mol. The molecular weight excluding hydrogens is 296 g/mol. The number of aryl methyl sites for hydroxylation is 1. The molecule has 0 amide bonds. The molecule has 0 radical (unpaired) electrons. The summed E-state index contributed by atoms with van der Waals surface area (Å²) in [5, 5.41) is 4.52. The Balaban J connectivity index is 1.74. The molecule has 0 saturated heterocycles. The van der Waals surface area contributed by atoms with Gasteiger partial charge in [-0.3, -0.25) is 9.48 Å². The number of fused-ring (bicyclic) bond motifs is 1. The van der Waals surface area contributed by atoms with E-state index in [9.17, 15) is 4.79 Å². The highest BCUT2D eigenvalue weighted by molar-refractivity contribution is 5.73. The molecule has 2 heterocycles. The van der Waals surface area contributed by atoms with Crippen molar-refractivity contribution in [1.82, 2.24) is 9.78 Å². The fraction of sp³-hybridized carbons (Fsp3) is 0.412. The van der Waals surface area contributed by atoms with E-state index in [1.807, 2.05) is 42.8 Å². The zero-order valence-corrected chi connectivity index (χ0v) is 13.5. The van der Waals surface area contributed by atoms with Gasteiger partial charge in [0.25, 0.3) is 0 Å². The molecule has 1 aliphatic rings. The maximum atomic E-state index is 11.5. The molecule has 6 nitrogen and oxygen atoms in total. The predicted octanol–water partition coefficient (Wildman–Crippen LogP) is 2.06. The van der Waals surface area contributed by atoms with E-state index in [1.165, 1.54) is 7.11 Å². The van der Waals surface area contributed by atoms with Gasteiger partial charge in [-0.15, -0.1) is 0 Å². The van der Waals surface area contributed by atoms with E-state index in [4.69, 9.17) is 14.2 Å². The number of carbonyl (C=O) groups excluding carboxylic acids is 1. The summed E-state index contributed by atoms with van der Waals surface area (Å²) < 4.78 is 18.3. The first-order chi connectivity index (χ1) is 11.1. The third kappa shape index (κ3) is 3.16. The molecule has 23 heavy (non-hydrogen) atoms. The van der Waals surface area contributed by atoms with Crippen molar-refractivity contribution in [2.75, 3.05) is 13.7 Å². The summed E-state index contributed by atoms with van der Waals surface area (Å²) in [6, 6.07) is 7.62. The first-order valence-corrected chi connectivity index (χ1v) is 7.56. The van der Waals surface area contributed by atoms with Gasteiger partial charge in [-0.1, -0.05) is 12.1 Å². The van der Waals surface area contributed by atoms with Crippen LogP contribution < -0.4 is 9.47 Å². The van der Waals surface area contributed by atoms with Gasteiger partial charge in [-0.25, -0.2) is 0 Å². The van der Waals surface area contributed by atoms with Gasteiger partial charge in [0.15, 0.2) is 17.6 Å². The minimum Gasteiger partial charge on any atom is -0.486 e. The lowest BCUT2D eigenvalue weighted by Gasteiger charge is -2.26. The number of para-hydroxylation sites is 2. The summed E-state index contributed by atoms with van der Waals surface area (Å²) in [4.78, 5) is 11.5. The second-order valence-corrected chi connectivity index (χ2v) is 5.58. The van der Waals surface area contributed by atoms with E-state index in [1.54, 1.807) is 0 Å². The Bertz CT molecular complexity index is 723. The number of ether oxygens (including phenoxy) is 3. The van der Waals surface area contributed by atoms with Crippen LogP contribution in [-0.4, -0.2) is 35.6 Å². The normalized spacial score (nSPS) is 16.2. The maximum Gasteiger partial charge on any atom is 0.310 e. The Morgan fingerprint density at radius 3 is 2.83 bits per heavy atom. The van der Waals surface area contributed by atoms with Crippen molar-refractivity contribution in [2.45, 2.75) is 32.9 Å². The molecule has 3 rings (SSSR count). The number of carbonyl (C=O) groups is 1. The molecular formula is C17H20N2O4. The number of methoxy groups -OCH3 is 1. The van der Waals surface area contributed by atoms with E-state index in [0.29, 0.717) is 13.2 Å². The summed E-state index contributed by atoms with van der Waals surface area (Å²) in [6.07, 6.45) is 0.118. The van der Waals surface area contributed by atoms with E-state index in [-0.39, 0.29) is 18.5 Å². The minimum absolute atomic E-state index is 0.117. The summed E-state index contributed by atoms with van der Waals surface area (Å²) in [6.45, 7) is 4.90. The first-order valence-electron chi connectivity index (χ1n) is 7.56. The van der Waals surface area contributed by atoms with Crippen LogP contribution in [0.1, 0.15) is 17.0 Å². The van der Waals surface area contributed by atoms with Crippen LogP contribution in [0.3, 0.4) is 0 Å². The number of aromatic nitrogens is 2. The summed E-state index contributed by atoms with van der Waals surface area (Å²) >= 11 is 0. The van der Waals surface area contributed by atoms with Crippen molar-refractivity contribution in [3.05, 3.63) is 41.2 Å². The van der Waals surface area contributed by atoms with Crippen molar-refractivity contribution in [1.29, 1.82) is 0 Å². The zero-order valence-electron chi connectivity index (χ0n) is 13.5. The molecule has 122 valence electrons. The Morgan fingerprint density at radius 1 is 1.35 bits per heavy atom. The molecule has 0 saturated carbocycles. The fourth-order valence-electron chi connectivity index (χ4n) is 2.73. The van der Waals surface area contributed by atoms with Gasteiger partial charge in [0.1, 0.15) is 6.61 Å². The number of hydrogen-bond acceptors (Lipinski definition) is 5. The molecule has 0 N–H and O–H groups in total. The second kappa shape index (κ2) is 6.32. The highest BCUT2D eigenvalue weighted by Gasteiger charge is 2.23. The van der Waals surface area contributed by atoms with Crippen molar-refractivity contribution in [3.8, 4) is 11.5 Å². The van der Waals surface area contributed by atoms with Gasteiger partial charge in [-0.05, 0) is 26.0 Å². The number of esters is 1. The molecule has 1 unspecified atom stereocenters. The van der Waals surface area contributed by atoms with Crippen LogP contribution >= 0.6 is 0 Å². The third-order valence-electron chi connectivity index (χ3n) is 4.02. The number of benzene rings is 1. The van der Waals surface area contributed by atoms with Crippen molar-refractivity contribution >= 4 is 5.97 Å². The smallest absolute Gasteiger partial charge is 0.310 e. The van der Waals surface area contributed by atoms with E-state index in [2.05, 4.69) is 5.10 Å². The second-order valence-electron chi connectivity index (χ2n) is 5.58. The molecule has 0 aliphatic carbocycles. The maximum absolute atomic E-state index is 11.5. The van der Waals surface area contributed by atoms with Crippen LogP contribution in [0.4, 0.5) is 0 Å². The monoisotopic (exact) mass is 316 g/mol. The molecule has 1 atom stereocenters. The molecule has 1 aromatic heterocycles. The average Bonchev–Trinajstić information content (AvgIpc) is 2.82. The van der Waals surface area contributed by atoms with Crippen molar-refractivity contribution in [2.24, 2.45) is 0 Å². The molecule has 1 aromatic carbocycles. The highest BCUT2D eigenvalue weighted by Crippen LogP contribution is 2.31. The Labute approximate surface area is 135 Å². The first kappa shape index (κ1) is 15.4. The van der Waals surface area contributed by atoms with Crippen LogP contribution in [0, 0.1) is 13.8 Å². The lowest BCUT2D eigenvalue weighted by atomic mass is 10.1. The van der Waals surface area contributed by atoms with Gasteiger partial charge >= 0.3 is 5.97 Å². The standard InChI is InChI=1S/C17H20N2O4/c1-11-14(8-17(20)21-3)12(2)19(18-11)9-13-10-22-15-6-4-5-7-16(15)23-13/h4-7,13H,8-10H2,1-3H3. The van der Waals surface area contributed by atoms with Gasteiger partial charge in [0, 0.05) is 11.3 Å². The van der Waals surface area contributed by atoms with Crippen LogP contribution in [-0.2, 0) is 22.5 Å². The Hall–Kier alpha value is -2.50. The molecule has 0 bridgehead atoms. The van der Waals surface area contributed by atoms with E-state index >= 15 is 0 Å². The van der Waals surface area contributed by atoms with E-state index in [0.717, 1.165) is 28.5 Å². The number of nitrogens with zero attached hydrogens (tertiary/aromatic N) is 2. The predicted molar refractivity (Wildman–Crippen MR) is 83.8 cm³/mol. The Morgan fingerprint density at radius 2 is 2.09 bits per heavy atom. The summed E-state index contributed by atoms with van der Waals surface area (Å²) in [7, 11) is 1.39. The Kier molecular flexibility index (Phi) is 4.23. The largest absolute Gasteiger partial charge is 0.486 e. The SMILES string of the molecule is COC(=O)Cc1c(C)nn(CC2COc3ccccc3O2)c1C. The zero-order chi connectivity index (χ0) is 16.4. The third-order valence-corrected chi connectivity index (χ3v) is 4.02. The molecule has 6 heteroatoms. The molecule has 2 aromatic rings. The lowest BCUT2D eigenvalue weighted by molar-refractivity contribution is -0.139. The quantitative estimate of drug-likeness (QED) is 0.808. The van der Waals surface area contributed by atoms with Crippen LogP contribution in [0.25, 0.3) is 0 Å². The topological polar surface area (TPSA) is 62.6 Å². The lowest BCUT2D eigenvalue weighted by Crippen LogP contribution is -2.33. The molecule has 0 spiro atoms. The van der Waals surface area contributed by atoms with E-state index < -0.39 is 0 Å². The van der Waals surface area contributed by atoms with Crippen LogP contribution in [0.5, 0.6) is 11.5 Å². The van der Waals surface area contributed by atoms with Gasteiger partial charge in [0.05, 0.1) is 25.8 Å². The number of hydrogen-bond donors (Lipinski definition) is 0. The summed E-state index contributed by atoms with van der Waals surface area (Å²) in [5.74, 6) is 1.26. The number of rotatable bonds is 4. The van der Waals surface area contributed by atoms with Crippen molar-refractivity contribution in [3.63, 3.8) is 0 Å². The van der Waals surface area contributed by atoms with Crippen LogP contribution in [0.15, 0.2) is 24.3 Å². The molecule has 0 fully saturated rings. The van der Waals surface area contributed by atoms with Gasteiger partial charge in [-0.2, -0.15) is 5.10 Å². The summed E-state index contributed by atoms with van der Waals surface area (Å²) in [5.41, 5.74) is 2.70. The van der Waals surface area contributed by atoms with Gasteiger partial charge < -0.3 is 14.2 Å². The highest BCUT2D eigenvalue weighted by atomic mass is 16.6. The fourth-order valence-corrected chi connectivity index (χ4v) is 2.73. The van der Waals surface area contributed by atoms with Crippen molar-refractivity contribution < 1.29 is 19.0 Å². The minimum atomic E-state index is -0.262. The molecule has 1 aliphatic heterocycles. The van der Waals surface area contributed by atoms with Gasteiger partial charge in [0.2, 0.25) is 0 Å².